The van der Waals surface area contributed by atoms with Crippen molar-refractivity contribution in [3.8, 4) is 5.75 Å². The molecule has 0 aliphatic carbocycles. The normalized spacial score (nSPS) is 10.2. The summed E-state index contributed by atoms with van der Waals surface area (Å²) in [4.78, 5) is 21.4. The van der Waals surface area contributed by atoms with Gasteiger partial charge in [-0.25, -0.2) is 4.79 Å². The van der Waals surface area contributed by atoms with E-state index in [1.54, 1.807) is 0 Å². The van der Waals surface area contributed by atoms with Crippen LogP contribution in [0.2, 0.25) is 0 Å². The van der Waals surface area contributed by atoms with Gasteiger partial charge in [-0.2, -0.15) is 8.78 Å². The third-order valence-corrected chi connectivity index (χ3v) is 2.20. The van der Waals surface area contributed by atoms with Crippen molar-refractivity contribution < 1.29 is 28.0 Å². The van der Waals surface area contributed by atoms with Crippen LogP contribution in [0.4, 0.5) is 20.2 Å². The number of alkyl halides is 2. The SMILES string of the molecule is CNc1ccc(C(=O)OC)c([N+](=O)[O-])c1OC(F)F. The van der Waals surface area contributed by atoms with E-state index in [2.05, 4.69) is 14.8 Å². The predicted octanol–water partition coefficient (Wildman–Crippen LogP) is 2.02. The highest BCUT2D eigenvalue weighted by atomic mass is 19.3. The number of rotatable bonds is 5. The molecule has 0 fully saturated rings. The van der Waals surface area contributed by atoms with E-state index in [-0.39, 0.29) is 5.69 Å². The number of ether oxygens (including phenoxy) is 2. The largest absolute Gasteiger partial charge is 0.465 e. The maximum absolute atomic E-state index is 12.3. The van der Waals surface area contributed by atoms with Gasteiger partial charge in [-0.05, 0) is 12.1 Å². The molecule has 0 heterocycles. The zero-order valence-corrected chi connectivity index (χ0v) is 9.98. The second-order valence-electron chi connectivity index (χ2n) is 3.22. The topological polar surface area (TPSA) is 90.7 Å². The summed E-state index contributed by atoms with van der Waals surface area (Å²) in [5.41, 5.74) is -1.39. The molecule has 0 amide bonds. The number of hydrogen-bond donors (Lipinski definition) is 1. The van der Waals surface area contributed by atoms with Crippen LogP contribution in [0.1, 0.15) is 10.4 Å². The van der Waals surface area contributed by atoms with Gasteiger partial charge in [-0.1, -0.05) is 0 Å². The zero-order chi connectivity index (χ0) is 14.6. The number of carbonyl (C=O) groups excluding carboxylic acids is 1. The van der Waals surface area contributed by atoms with Gasteiger partial charge in [0.1, 0.15) is 5.56 Å². The van der Waals surface area contributed by atoms with E-state index in [1.807, 2.05) is 0 Å². The molecule has 0 spiro atoms. The Balaban J connectivity index is 3.52. The van der Waals surface area contributed by atoms with Gasteiger partial charge >= 0.3 is 18.3 Å². The van der Waals surface area contributed by atoms with Crippen molar-refractivity contribution in [2.45, 2.75) is 6.61 Å². The molecule has 9 heteroatoms. The molecule has 19 heavy (non-hydrogen) atoms. The van der Waals surface area contributed by atoms with Crippen LogP contribution < -0.4 is 10.1 Å². The summed E-state index contributed by atoms with van der Waals surface area (Å²) >= 11 is 0. The molecule has 0 aliphatic heterocycles. The number of hydrogen-bond acceptors (Lipinski definition) is 6. The first-order chi connectivity index (χ1) is 8.92. The van der Waals surface area contributed by atoms with E-state index in [9.17, 15) is 23.7 Å². The van der Waals surface area contributed by atoms with Crippen LogP contribution in [0.15, 0.2) is 12.1 Å². The first-order valence-electron chi connectivity index (χ1n) is 4.94. The quantitative estimate of drug-likeness (QED) is 0.502. The average molecular weight is 276 g/mol. The van der Waals surface area contributed by atoms with Crippen molar-refractivity contribution in [2.24, 2.45) is 0 Å². The number of nitro benzene ring substituents is 1. The van der Waals surface area contributed by atoms with E-state index >= 15 is 0 Å². The molecule has 0 atom stereocenters. The molecule has 0 saturated carbocycles. The third-order valence-electron chi connectivity index (χ3n) is 2.20. The summed E-state index contributed by atoms with van der Waals surface area (Å²) in [5, 5.41) is 13.4. The Kier molecular flexibility index (Phi) is 4.56. The molecule has 1 rings (SSSR count). The summed E-state index contributed by atoms with van der Waals surface area (Å²) in [7, 11) is 2.39. The van der Waals surface area contributed by atoms with Crippen LogP contribution in [-0.4, -0.2) is 31.7 Å². The Morgan fingerprint density at radius 1 is 1.47 bits per heavy atom. The highest BCUT2D eigenvalue weighted by Crippen LogP contribution is 2.39. The molecule has 0 bridgehead atoms. The Morgan fingerprint density at radius 2 is 2.11 bits per heavy atom. The monoisotopic (exact) mass is 276 g/mol. The molecule has 7 nitrogen and oxygen atoms in total. The summed E-state index contributed by atoms with van der Waals surface area (Å²) in [5.74, 6) is -1.74. The summed E-state index contributed by atoms with van der Waals surface area (Å²) in [6.45, 7) is -3.27. The lowest BCUT2D eigenvalue weighted by atomic mass is 10.1. The number of anilines is 1. The fourth-order valence-corrected chi connectivity index (χ4v) is 1.43. The van der Waals surface area contributed by atoms with Crippen LogP contribution in [-0.2, 0) is 4.74 Å². The average Bonchev–Trinajstić information content (AvgIpc) is 2.36. The molecular formula is C10H10F2N2O5. The maximum Gasteiger partial charge on any atom is 0.387 e. The molecule has 0 radical (unpaired) electrons. The summed E-state index contributed by atoms with van der Waals surface area (Å²) < 4.78 is 33.1. The number of nitrogens with zero attached hydrogens (tertiary/aromatic N) is 1. The number of halogens is 2. The third kappa shape index (κ3) is 3.06. The zero-order valence-electron chi connectivity index (χ0n) is 9.98. The number of benzene rings is 1. The van der Waals surface area contributed by atoms with Crippen molar-refractivity contribution in [2.75, 3.05) is 19.5 Å². The van der Waals surface area contributed by atoms with Gasteiger partial charge in [0.25, 0.3) is 0 Å². The lowest BCUT2D eigenvalue weighted by Crippen LogP contribution is -2.11. The Hall–Kier alpha value is -2.45. The number of methoxy groups -OCH3 is 1. The predicted molar refractivity (Wildman–Crippen MR) is 60.6 cm³/mol. The second-order valence-corrected chi connectivity index (χ2v) is 3.22. The number of esters is 1. The maximum atomic E-state index is 12.3. The molecule has 0 aliphatic rings. The Morgan fingerprint density at radius 3 is 2.53 bits per heavy atom. The highest BCUT2D eigenvalue weighted by molar-refractivity contribution is 5.96. The fourth-order valence-electron chi connectivity index (χ4n) is 1.43. The molecule has 1 aromatic rings. The lowest BCUT2D eigenvalue weighted by Gasteiger charge is -2.12. The van der Waals surface area contributed by atoms with Crippen molar-refractivity contribution in [1.82, 2.24) is 0 Å². The van der Waals surface area contributed by atoms with Gasteiger partial charge in [-0.15, -0.1) is 0 Å². The standard InChI is InChI=1S/C10H10F2N2O5/c1-13-6-4-3-5(9(15)18-2)7(14(16)17)8(6)19-10(11)12/h3-4,10,13H,1-2H3. The van der Waals surface area contributed by atoms with Crippen LogP contribution in [0.5, 0.6) is 5.75 Å². The van der Waals surface area contributed by atoms with E-state index < -0.39 is 34.5 Å². The van der Waals surface area contributed by atoms with Gasteiger partial charge in [0.05, 0.1) is 17.7 Å². The molecule has 1 aromatic carbocycles. The van der Waals surface area contributed by atoms with Crippen molar-refractivity contribution in [1.29, 1.82) is 0 Å². The van der Waals surface area contributed by atoms with Gasteiger partial charge in [-0.3, -0.25) is 10.1 Å². The second kappa shape index (κ2) is 5.94. The molecule has 0 aromatic heterocycles. The van der Waals surface area contributed by atoms with Crippen molar-refractivity contribution in [3.63, 3.8) is 0 Å². The summed E-state index contributed by atoms with van der Waals surface area (Å²) in [6.07, 6.45) is 0. The van der Waals surface area contributed by atoms with Crippen LogP contribution >= 0.6 is 0 Å². The fraction of sp³-hybridized carbons (Fsp3) is 0.300. The van der Waals surface area contributed by atoms with Gasteiger partial charge < -0.3 is 14.8 Å². The molecule has 104 valence electrons. The molecule has 0 unspecified atom stereocenters. The van der Waals surface area contributed by atoms with E-state index in [4.69, 9.17) is 0 Å². The van der Waals surface area contributed by atoms with E-state index in [1.165, 1.54) is 13.1 Å². The van der Waals surface area contributed by atoms with Crippen molar-refractivity contribution >= 4 is 17.3 Å². The van der Waals surface area contributed by atoms with E-state index in [0.29, 0.717) is 0 Å². The van der Waals surface area contributed by atoms with Gasteiger partial charge in [0, 0.05) is 7.05 Å². The van der Waals surface area contributed by atoms with Crippen LogP contribution in [0.25, 0.3) is 0 Å². The minimum atomic E-state index is -3.27. The summed E-state index contributed by atoms with van der Waals surface area (Å²) in [6, 6.07) is 2.30. The van der Waals surface area contributed by atoms with Crippen molar-refractivity contribution in [3.05, 3.63) is 27.8 Å². The molecule has 1 N–H and O–H groups in total. The van der Waals surface area contributed by atoms with Crippen LogP contribution in [0.3, 0.4) is 0 Å². The lowest BCUT2D eigenvalue weighted by molar-refractivity contribution is -0.386. The Labute approximate surface area is 106 Å². The van der Waals surface area contributed by atoms with Crippen LogP contribution in [0, 0.1) is 10.1 Å². The number of nitrogens with one attached hydrogen (secondary N) is 1. The smallest absolute Gasteiger partial charge is 0.387 e. The van der Waals surface area contributed by atoms with E-state index in [0.717, 1.165) is 13.2 Å². The highest BCUT2D eigenvalue weighted by Gasteiger charge is 2.30. The molecule has 0 saturated heterocycles. The minimum Gasteiger partial charge on any atom is -0.465 e. The molecular weight excluding hydrogens is 266 g/mol. The number of nitro groups is 1. The Bertz CT molecular complexity index is 507. The first-order valence-corrected chi connectivity index (χ1v) is 4.94. The first kappa shape index (κ1) is 14.6. The van der Waals surface area contributed by atoms with Gasteiger partial charge in [0.15, 0.2) is 0 Å². The number of carbonyl (C=O) groups is 1. The minimum absolute atomic E-state index is 0.0420. The van der Waals surface area contributed by atoms with Gasteiger partial charge in [0.2, 0.25) is 5.75 Å².